The molecule has 0 radical (unpaired) electrons. The molecule has 0 aliphatic carbocycles. The van der Waals surface area contributed by atoms with Crippen molar-refractivity contribution in [3.05, 3.63) is 72.8 Å². The highest BCUT2D eigenvalue weighted by Gasteiger charge is 2.30. The Labute approximate surface area is 194 Å². The number of nitrogens with one attached hydrogen (secondary N) is 1. The van der Waals surface area contributed by atoms with Crippen LogP contribution in [0.3, 0.4) is 0 Å². The number of pyridine rings is 2. The Hall–Kier alpha value is -3.57. The molecule has 1 aliphatic heterocycles. The lowest BCUT2D eigenvalue weighted by Gasteiger charge is -2.31. The van der Waals surface area contributed by atoms with Crippen LogP contribution in [0.1, 0.15) is 12.8 Å². The number of piperidine rings is 1. The molecule has 1 N–H and O–H groups in total. The van der Waals surface area contributed by atoms with Gasteiger partial charge >= 0.3 is 0 Å². The summed E-state index contributed by atoms with van der Waals surface area (Å²) in [5.41, 5.74) is 0.448. The summed E-state index contributed by atoms with van der Waals surface area (Å²) in [6.45, 7) is 0.623. The van der Waals surface area contributed by atoms with Gasteiger partial charge in [-0.1, -0.05) is 6.07 Å². The first-order valence-corrected chi connectivity index (χ1v) is 12.1. The van der Waals surface area contributed by atoms with Crippen molar-refractivity contribution in [1.29, 1.82) is 0 Å². The topological polar surface area (TPSA) is 101 Å². The molecule has 0 saturated carbocycles. The number of fused-ring (bicyclic) bond motifs is 1. The summed E-state index contributed by atoms with van der Waals surface area (Å²) in [5, 5.41) is 3.69. The first-order chi connectivity index (χ1) is 16.4. The molecule has 8 nitrogen and oxygen atoms in total. The van der Waals surface area contributed by atoms with E-state index in [0.717, 1.165) is 6.20 Å². The van der Waals surface area contributed by atoms with Gasteiger partial charge in [0.05, 0.1) is 6.20 Å². The van der Waals surface area contributed by atoms with Gasteiger partial charge in [-0.2, -0.15) is 4.31 Å². The van der Waals surface area contributed by atoms with Crippen LogP contribution in [0.4, 0.5) is 14.7 Å². The van der Waals surface area contributed by atoms with Crippen LogP contribution >= 0.6 is 0 Å². The van der Waals surface area contributed by atoms with E-state index >= 15 is 0 Å². The fourth-order valence-electron chi connectivity index (χ4n) is 4.00. The van der Waals surface area contributed by atoms with E-state index in [1.165, 1.54) is 35.0 Å². The zero-order chi connectivity index (χ0) is 23.7. The van der Waals surface area contributed by atoms with Crippen LogP contribution in [-0.4, -0.2) is 51.8 Å². The summed E-state index contributed by atoms with van der Waals surface area (Å²) in [7, 11) is -3.61. The van der Waals surface area contributed by atoms with Crippen molar-refractivity contribution in [1.82, 2.24) is 24.2 Å². The first-order valence-electron chi connectivity index (χ1n) is 10.7. The maximum atomic E-state index is 14.5. The number of hydrogen-bond donors (Lipinski definition) is 1. The molecule has 0 spiro atoms. The van der Waals surface area contributed by atoms with Gasteiger partial charge in [-0.25, -0.2) is 27.2 Å². The summed E-state index contributed by atoms with van der Waals surface area (Å²) < 4.78 is 56.0. The van der Waals surface area contributed by atoms with Crippen molar-refractivity contribution in [3.63, 3.8) is 0 Å². The largest absolute Gasteiger partial charge is 0.351 e. The van der Waals surface area contributed by atoms with Gasteiger partial charge in [0, 0.05) is 48.7 Å². The van der Waals surface area contributed by atoms with E-state index in [1.54, 1.807) is 24.3 Å². The van der Waals surface area contributed by atoms with Crippen molar-refractivity contribution in [2.45, 2.75) is 23.8 Å². The minimum Gasteiger partial charge on any atom is -0.351 e. The van der Waals surface area contributed by atoms with Gasteiger partial charge in [-0.15, -0.1) is 0 Å². The lowest BCUT2D eigenvalue weighted by Crippen LogP contribution is -2.42. The van der Waals surface area contributed by atoms with Crippen LogP contribution < -0.4 is 5.32 Å². The SMILES string of the molecule is O=S(=O)(c1cccnc1)N1CCC(Nc2ncc(F)c(-c3cc(F)c4ncccc4c3)n2)CC1. The van der Waals surface area contributed by atoms with E-state index in [1.807, 2.05) is 0 Å². The fourth-order valence-corrected chi connectivity index (χ4v) is 5.43. The first kappa shape index (κ1) is 22.2. The highest BCUT2D eigenvalue weighted by atomic mass is 32.2. The van der Waals surface area contributed by atoms with E-state index < -0.39 is 21.7 Å². The minimum absolute atomic E-state index is 0.0289. The highest BCUT2D eigenvalue weighted by Crippen LogP contribution is 2.28. The Kier molecular flexibility index (Phi) is 5.88. The zero-order valence-electron chi connectivity index (χ0n) is 17.9. The van der Waals surface area contributed by atoms with Crippen LogP contribution in [0, 0.1) is 11.6 Å². The molecule has 0 atom stereocenters. The number of rotatable bonds is 5. The average Bonchev–Trinajstić information content (AvgIpc) is 2.86. The van der Waals surface area contributed by atoms with Crippen LogP contribution in [0.25, 0.3) is 22.2 Å². The molecular formula is C23H20F2N6O2S. The van der Waals surface area contributed by atoms with Crippen molar-refractivity contribution in [2.75, 3.05) is 18.4 Å². The molecular weight excluding hydrogens is 462 g/mol. The number of hydrogen-bond acceptors (Lipinski definition) is 7. The van der Waals surface area contributed by atoms with Crippen LogP contribution in [-0.2, 0) is 10.0 Å². The lowest BCUT2D eigenvalue weighted by atomic mass is 10.1. The second-order valence-electron chi connectivity index (χ2n) is 7.93. The summed E-state index contributed by atoms with van der Waals surface area (Å²) in [5.74, 6) is -1.05. The Morgan fingerprint density at radius 2 is 1.76 bits per heavy atom. The summed E-state index contributed by atoms with van der Waals surface area (Å²) in [6.07, 6.45) is 6.43. The lowest BCUT2D eigenvalue weighted by molar-refractivity contribution is 0.329. The number of nitrogens with zero attached hydrogens (tertiary/aromatic N) is 5. The normalized spacial score (nSPS) is 15.5. The second kappa shape index (κ2) is 8.99. The van der Waals surface area contributed by atoms with Gasteiger partial charge in [0.15, 0.2) is 5.82 Å². The molecule has 0 bridgehead atoms. The van der Waals surface area contributed by atoms with Crippen molar-refractivity contribution in [2.24, 2.45) is 0 Å². The van der Waals surface area contributed by atoms with Crippen molar-refractivity contribution >= 4 is 26.9 Å². The van der Waals surface area contributed by atoms with E-state index in [0.29, 0.717) is 31.3 Å². The number of aromatic nitrogens is 4. The Morgan fingerprint density at radius 3 is 2.53 bits per heavy atom. The molecule has 11 heteroatoms. The molecule has 1 fully saturated rings. The predicted octanol–water partition coefficient (Wildman–Crippen LogP) is 3.63. The maximum Gasteiger partial charge on any atom is 0.244 e. The van der Waals surface area contributed by atoms with Crippen LogP contribution in [0.5, 0.6) is 0 Å². The van der Waals surface area contributed by atoms with Gasteiger partial charge in [0.1, 0.15) is 21.9 Å². The van der Waals surface area contributed by atoms with E-state index in [9.17, 15) is 17.2 Å². The molecule has 3 aromatic heterocycles. The molecule has 4 heterocycles. The highest BCUT2D eigenvalue weighted by molar-refractivity contribution is 7.89. The number of halogens is 2. The molecule has 0 unspecified atom stereocenters. The Bertz CT molecular complexity index is 1440. The summed E-state index contributed by atoms with van der Waals surface area (Å²) >= 11 is 0. The minimum atomic E-state index is -3.61. The third kappa shape index (κ3) is 4.31. The number of benzene rings is 1. The molecule has 34 heavy (non-hydrogen) atoms. The van der Waals surface area contributed by atoms with Crippen LogP contribution in [0.2, 0.25) is 0 Å². The molecule has 4 aromatic rings. The average molecular weight is 483 g/mol. The standard InChI is InChI=1S/C23H20F2N6O2S/c24-19-12-16(11-15-3-1-8-27-21(15)19)22-20(25)14-28-23(30-22)29-17-5-9-31(10-6-17)34(32,33)18-4-2-7-26-13-18/h1-4,7-8,11-14,17H,5-6,9-10H2,(H,28,29,30). The molecule has 1 aliphatic rings. The maximum absolute atomic E-state index is 14.5. The van der Waals surface area contributed by atoms with Gasteiger partial charge in [0.25, 0.3) is 0 Å². The smallest absolute Gasteiger partial charge is 0.244 e. The van der Waals surface area contributed by atoms with Gasteiger partial charge in [-0.3, -0.25) is 9.97 Å². The number of sulfonamides is 1. The third-order valence-corrected chi connectivity index (χ3v) is 7.62. The van der Waals surface area contributed by atoms with Gasteiger partial charge in [-0.05, 0) is 43.2 Å². The monoisotopic (exact) mass is 482 g/mol. The van der Waals surface area contributed by atoms with Gasteiger partial charge in [0.2, 0.25) is 16.0 Å². The van der Waals surface area contributed by atoms with E-state index in [-0.39, 0.29) is 33.7 Å². The van der Waals surface area contributed by atoms with Crippen molar-refractivity contribution < 1.29 is 17.2 Å². The molecule has 1 aromatic carbocycles. The van der Waals surface area contributed by atoms with E-state index in [4.69, 9.17) is 0 Å². The second-order valence-corrected chi connectivity index (χ2v) is 9.87. The van der Waals surface area contributed by atoms with Crippen LogP contribution in [0.15, 0.2) is 66.1 Å². The van der Waals surface area contributed by atoms with Gasteiger partial charge < -0.3 is 5.32 Å². The summed E-state index contributed by atoms with van der Waals surface area (Å²) in [4.78, 5) is 16.3. The number of anilines is 1. The molecule has 1 saturated heterocycles. The Balaban J connectivity index is 1.32. The Morgan fingerprint density at radius 1 is 0.971 bits per heavy atom. The zero-order valence-corrected chi connectivity index (χ0v) is 18.7. The molecule has 174 valence electrons. The predicted molar refractivity (Wildman–Crippen MR) is 122 cm³/mol. The fraction of sp³-hybridized carbons (Fsp3) is 0.217. The molecule has 5 rings (SSSR count). The quantitative estimate of drug-likeness (QED) is 0.464. The summed E-state index contributed by atoms with van der Waals surface area (Å²) in [6, 6.07) is 9.20. The van der Waals surface area contributed by atoms with E-state index in [2.05, 4.69) is 25.3 Å². The van der Waals surface area contributed by atoms with Crippen molar-refractivity contribution in [3.8, 4) is 11.3 Å². The third-order valence-electron chi connectivity index (χ3n) is 5.74. The molecule has 0 amide bonds.